The van der Waals surface area contributed by atoms with Crippen LogP contribution < -0.4 is 20.2 Å². The van der Waals surface area contributed by atoms with E-state index in [2.05, 4.69) is 15.8 Å². The average molecular weight is 446 g/mol. The van der Waals surface area contributed by atoms with Crippen LogP contribution in [0.15, 0.2) is 77.9 Å². The molecular formula is C26H27N3O4. The van der Waals surface area contributed by atoms with Crippen molar-refractivity contribution in [1.29, 1.82) is 0 Å². The number of nitrogens with zero attached hydrogens (tertiary/aromatic N) is 1. The smallest absolute Gasteiger partial charge is 0.249 e. The molecule has 2 N–H and O–H groups in total. The zero-order valence-corrected chi connectivity index (χ0v) is 18.7. The van der Waals surface area contributed by atoms with Crippen LogP contribution in [0.2, 0.25) is 0 Å². The largest absolute Gasteiger partial charge is 0.490 e. The Kier molecular flexibility index (Phi) is 8.59. The number of benzene rings is 3. The Morgan fingerprint density at radius 1 is 0.909 bits per heavy atom. The highest BCUT2D eigenvalue weighted by Gasteiger charge is 2.10. The number of aryl methyl sites for hydroxylation is 1. The van der Waals surface area contributed by atoms with Crippen LogP contribution in [-0.2, 0) is 16.2 Å². The number of ether oxygens (including phenoxy) is 2. The lowest BCUT2D eigenvalue weighted by molar-refractivity contribution is -0.126. The maximum atomic E-state index is 12.1. The van der Waals surface area contributed by atoms with E-state index in [0.29, 0.717) is 30.4 Å². The number of carbonyl (C=O) groups excluding carboxylic acids is 2. The highest BCUT2D eigenvalue weighted by molar-refractivity contribution is 6.04. The van der Waals surface area contributed by atoms with E-state index in [4.69, 9.17) is 9.47 Å². The SMILES string of the molecule is CCOc1cc(C=NNC(=O)CC(=O)Nc2ccccc2C)ccc1OCc1ccccc1. The summed E-state index contributed by atoms with van der Waals surface area (Å²) in [5.41, 5.74) is 5.75. The van der Waals surface area contributed by atoms with Gasteiger partial charge in [0.1, 0.15) is 13.0 Å². The third-order valence-electron chi connectivity index (χ3n) is 4.65. The second-order valence-electron chi connectivity index (χ2n) is 7.25. The van der Waals surface area contributed by atoms with Gasteiger partial charge in [-0.05, 0) is 54.8 Å². The van der Waals surface area contributed by atoms with Crippen molar-refractivity contribution in [3.8, 4) is 11.5 Å². The van der Waals surface area contributed by atoms with Crippen molar-refractivity contribution in [2.75, 3.05) is 11.9 Å². The summed E-state index contributed by atoms with van der Waals surface area (Å²) in [6.45, 7) is 4.68. The Labute approximate surface area is 193 Å². The highest BCUT2D eigenvalue weighted by atomic mass is 16.5. The zero-order valence-electron chi connectivity index (χ0n) is 18.7. The molecule has 0 aliphatic rings. The van der Waals surface area contributed by atoms with Gasteiger partial charge in [0.25, 0.3) is 0 Å². The van der Waals surface area contributed by atoms with Crippen molar-refractivity contribution in [3.63, 3.8) is 0 Å². The van der Waals surface area contributed by atoms with Crippen LogP contribution in [0.3, 0.4) is 0 Å². The van der Waals surface area contributed by atoms with Gasteiger partial charge in [-0.2, -0.15) is 5.10 Å². The van der Waals surface area contributed by atoms with Crippen molar-refractivity contribution >= 4 is 23.7 Å². The molecule has 0 spiro atoms. The molecule has 0 radical (unpaired) electrons. The quantitative estimate of drug-likeness (QED) is 0.274. The third-order valence-corrected chi connectivity index (χ3v) is 4.65. The van der Waals surface area contributed by atoms with Crippen LogP contribution in [0.1, 0.15) is 30.0 Å². The maximum Gasteiger partial charge on any atom is 0.249 e. The molecule has 0 fully saturated rings. The minimum Gasteiger partial charge on any atom is -0.490 e. The number of carbonyl (C=O) groups is 2. The lowest BCUT2D eigenvalue weighted by Crippen LogP contribution is -2.24. The summed E-state index contributed by atoms with van der Waals surface area (Å²) >= 11 is 0. The number of hydrogen-bond acceptors (Lipinski definition) is 5. The summed E-state index contributed by atoms with van der Waals surface area (Å²) in [5, 5.41) is 6.66. The van der Waals surface area contributed by atoms with E-state index in [1.165, 1.54) is 6.21 Å². The molecule has 3 aromatic carbocycles. The number of hydrazone groups is 1. The predicted octanol–water partition coefficient (Wildman–Crippen LogP) is 4.45. The Morgan fingerprint density at radius 2 is 1.67 bits per heavy atom. The highest BCUT2D eigenvalue weighted by Crippen LogP contribution is 2.28. The van der Waals surface area contributed by atoms with Crippen molar-refractivity contribution < 1.29 is 19.1 Å². The van der Waals surface area contributed by atoms with Gasteiger partial charge in [-0.15, -0.1) is 0 Å². The molecule has 0 saturated heterocycles. The van der Waals surface area contributed by atoms with Gasteiger partial charge in [-0.25, -0.2) is 5.43 Å². The van der Waals surface area contributed by atoms with Gasteiger partial charge in [0.15, 0.2) is 11.5 Å². The second-order valence-corrected chi connectivity index (χ2v) is 7.25. The Balaban J connectivity index is 1.54. The number of nitrogens with one attached hydrogen (secondary N) is 2. The lowest BCUT2D eigenvalue weighted by atomic mass is 10.2. The van der Waals surface area contributed by atoms with Crippen LogP contribution in [-0.4, -0.2) is 24.6 Å². The lowest BCUT2D eigenvalue weighted by Gasteiger charge is -2.12. The topological polar surface area (TPSA) is 89.0 Å². The van der Waals surface area contributed by atoms with Crippen molar-refractivity contribution in [2.45, 2.75) is 26.9 Å². The molecule has 7 nitrogen and oxygen atoms in total. The first kappa shape index (κ1) is 23.5. The number of rotatable bonds is 10. The van der Waals surface area contributed by atoms with E-state index in [1.807, 2.05) is 68.4 Å². The average Bonchev–Trinajstić information content (AvgIpc) is 2.81. The van der Waals surface area contributed by atoms with E-state index >= 15 is 0 Å². The minimum atomic E-state index is -0.509. The van der Waals surface area contributed by atoms with Crippen molar-refractivity contribution in [3.05, 3.63) is 89.5 Å². The Bertz CT molecular complexity index is 1110. The maximum absolute atomic E-state index is 12.1. The van der Waals surface area contributed by atoms with Gasteiger partial charge in [0.05, 0.1) is 12.8 Å². The number of anilines is 1. The van der Waals surface area contributed by atoms with Gasteiger partial charge in [0.2, 0.25) is 11.8 Å². The molecule has 33 heavy (non-hydrogen) atoms. The van der Waals surface area contributed by atoms with Gasteiger partial charge in [-0.3, -0.25) is 9.59 Å². The molecule has 0 atom stereocenters. The fourth-order valence-electron chi connectivity index (χ4n) is 3.00. The summed E-state index contributed by atoms with van der Waals surface area (Å²) in [6, 6.07) is 22.6. The summed E-state index contributed by atoms with van der Waals surface area (Å²) < 4.78 is 11.6. The molecule has 170 valence electrons. The molecule has 7 heteroatoms. The van der Waals surface area contributed by atoms with Gasteiger partial charge >= 0.3 is 0 Å². The number of para-hydroxylation sites is 1. The van der Waals surface area contributed by atoms with E-state index in [9.17, 15) is 9.59 Å². The fourth-order valence-corrected chi connectivity index (χ4v) is 3.00. The van der Waals surface area contributed by atoms with Crippen LogP contribution in [0.5, 0.6) is 11.5 Å². The molecule has 0 saturated carbocycles. The molecule has 2 amide bonds. The molecule has 0 aliphatic heterocycles. The van der Waals surface area contributed by atoms with E-state index in [-0.39, 0.29) is 6.42 Å². The van der Waals surface area contributed by atoms with Crippen LogP contribution >= 0.6 is 0 Å². The van der Waals surface area contributed by atoms with E-state index in [1.54, 1.807) is 18.2 Å². The van der Waals surface area contributed by atoms with Gasteiger partial charge in [0, 0.05) is 5.69 Å². The molecule has 0 aromatic heterocycles. The first-order chi connectivity index (χ1) is 16.0. The van der Waals surface area contributed by atoms with Gasteiger partial charge in [-0.1, -0.05) is 48.5 Å². The predicted molar refractivity (Wildman–Crippen MR) is 129 cm³/mol. The zero-order chi connectivity index (χ0) is 23.5. The monoisotopic (exact) mass is 445 g/mol. The van der Waals surface area contributed by atoms with E-state index in [0.717, 1.165) is 16.7 Å². The number of amides is 2. The number of hydrogen-bond donors (Lipinski definition) is 2. The van der Waals surface area contributed by atoms with Crippen molar-refractivity contribution in [2.24, 2.45) is 5.10 Å². The first-order valence-electron chi connectivity index (χ1n) is 10.7. The molecule has 0 heterocycles. The summed E-state index contributed by atoms with van der Waals surface area (Å²) in [5.74, 6) is 0.289. The Morgan fingerprint density at radius 3 is 2.42 bits per heavy atom. The molecule has 0 bridgehead atoms. The minimum absolute atomic E-state index is 0.331. The normalized spacial score (nSPS) is 10.6. The fraction of sp³-hybridized carbons (Fsp3) is 0.192. The molecule has 0 unspecified atom stereocenters. The third kappa shape index (κ3) is 7.50. The molecule has 0 aliphatic carbocycles. The second kappa shape index (κ2) is 12.0. The van der Waals surface area contributed by atoms with Gasteiger partial charge < -0.3 is 14.8 Å². The molecular weight excluding hydrogens is 418 g/mol. The van der Waals surface area contributed by atoms with Crippen LogP contribution in [0, 0.1) is 6.92 Å². The van der Waals surface area contributed by atoms with Crippen LogP contribution in [0.4, 0.5) is 5.69 Å². The summed E-state index contributed by atoms with van der Waals surface area (Å²) in [4.78, 5) is 24.1. The summed E-state index contributed by atoms with van der Waals surface area (Å²) in [7, 11) is 0. The molecule has 3 rings (SSSR count). The van der Waals surface area contributed by atoms with E-state index < -0.39 is 11.8 Å². The van der Waals surface area contributed by atoms with Crippen LogP contribution in [0.25, 0.3) is 0 Å². The standard InChI is InChI=1S/C26H27N3O4/c1-3-32-24-15-21(13-14-23(24)33-18-20-10-5-4-6-11-20)17-27-29-26(31)16-25(30)28-22-12-8-7-9-19(22)2/h4-15,17H,3,16,18H2,1-2H3,(H,28,30)(H,29,31). The first-order valence-corrected chi connectivity index (χ1v) is 10.7. The molecule has 3 aromatic rings. The van der Waals surface area contributed by atoms with Crippen molar-refractivity contribution in [1.82, 2.24) is 5.43 Å². The summed E-state index contributed by atoms with van der Waals surface area (Å²) in [6.07, 6.45) is 1.16. The Hall–Kier alpha value is -4.13.